The van der Waals surface area contributed by atoms with Crippen LogP contribution in [-0.4, -0.2) is 15.9 Å². The van der Waals surface area contributed by atoms with Gasteiger partial charge in [-0.1, -0.05) is 12.8 Å². The average Bonchev–Trinajstić information content (AvgIpc) is 3.06. The molecule has 0 saturated heterocycles. The first kappa shape index (κ1) is 12.9. The zero-order valence-corrected chi connectivity index (χ0v) is 11.3. The first-order chi connectivity index (χ1) is 9.63. The lowest BCUT2D eigenvalue weighted by atomic mass is 10.0. The molecule has 6 heteroatoms. The van der Waals surface area contributed by atoms with Crippen molar-refractivity contribution >= 4 is 22.8 Å². The van der Waals surface area contributed by atoms with E-state index in [4.69, 9.17) is 4.42 Å². The molecule has 1 N–H and O–H groups in total. The van der Waals surface area contributed by atoms with Crippen molar-refractivity contribution < 1.29 is 9.34 Å². The highest BCUT2D eigenvalue weighted by Crippen LogP contribution is 2.30. The van der Waals surface area contributed by atoms with Crippen LogP contribution >= 0.6 is 0 Å². The van der Waals surface area contributed by atoms with Gasteiger partial charge < -0.3 is 9.73 Å². The molecule has 1 fully saturated rings. The van der Waals surface area contributed by atoms with Gasteiger partial charge in [0.1, 0.15) is 5.52 Å². The molecule has 1 aliphatic rings. The summed E-state index contributed by atoms with van der Waals surface area (Å²) in [6.45, 7) is 2.13. The molecule has 6 nitrogen and oxygen atoms in total. The molecule has 0 aliphatic heterocycles. The molecule has 1 aliphatic carbocycles. The van der Waals surface area contributed by atoms with Gasteiger partial charge in [-0.2, -0.15) is 4.98 Å². The van der Waals surface area contributed by atoms with E-state index in [0.29, 0.717) is 29.1 Å². The second-order valence-electron chi connectivity index (χ2n) is 5.41. The number of nitrogens with one attached hydrogen (secondary N) is 1. The zero-order valence-electron chi connectivity index (χ0n) is 11.3. The van der Waals surface area contributed by atoms with Crippen LogP contribution in [0.2, 0.25) is 0 Å². The fourth-order valence-corrected chi connectivity index (χ4v) is 2.86. The van der Waals surface area contributed by atoms with Gasteiger partial charge in [0, 0.05) is 12.1 Å². The van der Waals surface area contributed by atoms with Gasteiger partial charge >= 0.3 is 0 Å². The van der Waals surface area contributed by atoms with Crippen molar-refractivity contribution in [3.63, 3.8) is 0 Å². The van der Waals surface area contributed by atoms with E-state index in [0.717, 1.165) is 0 Å². The number of rotatable bonds is 4. The van der Waals surface area contributed by atoms with E-state index < -0.39 is 4.92 Å². The largest absolute Gasteiger partial charge is 0.423 e. The highest BCUT2D eigenvalue weighted by Gasteiger charge is 2.22. The molecule has 1 saturated carbocycles. The molecule has 1 atom stereocenters. The second-order valence-corrected chi connectivity index (χ2v) is 5.41. The van der Waals surface area contributed by atoms with Gasteiger partial charge in [0.25, 0.3) is 11.7 Å². The third-order valence-electron chi connectivity index (χ3n) is 4.04. The quantitative estimate of drug-likeness (QED) is 0.679. The predicted octanol–water partition coefficient (Wildman–Crippen LogP) is 3.73. The first-order valence-corrected chi connectivity index (χ1v) is 6.95. The fourth-order valence-electron chi connectivity index (χ4n) is 2.86. The molecule has 0 spiro atoms. The molecule has 0 radical (unpaired) electrons. The standard InChI is InChI=1S/C14H17N3O3/c1-9(10-4-2-3-5-10)15-14-16-12-7-6-11(17(18)19)8-13(12)20-14/h6-10H,2-5H2,1H3,(H,15,16). The minimum atomic E-state index is -0.434. The number of hydrogen-bond acceptors (Lipinski definition) is 5. The summed E-state index contributed by atoms with van der Waals surface area (Å²) >= 11 is 0. The van der Waals surface area contributed by atoms with Gasteiger partial charge in [0.2, 0.25) is 0 Å². The minimum absolute atomic E-state index is 0.0176. The minimum Gasteiger partial charge on any atom is -0.423 e. The summed E-state index contributed by atoms with van der Waals surface area (Å²) in [7, 11) is 0. The Morgan fingerprint density at radius 1 is 1.45 bits per heavy atom. The van der Waals surface area contributed by atoms with Crippen molar-refractivity contribution in [1.82, 2.24) is 4.98 Å². The van der Waals surface area contributed by atoms with E-state index in [-0.39, 0.29) is 5.69 Å². The van der Waals surface area contributed by atoms with Crippen LogP contribution in [0.3, 0.4) is 0 Å². The number of aromatic nitrogens is 1. The van der Waals surface area contributed by atoms with Crippen molar-refractivity contribution in [3.05, 3.63) is 28.3 Å². The number of nitro benzene ring substituents is 1. The predicted molar refractivity (Wildman–Crippen MR) is 75.7 cm³/mol. The van der Waals surface area contributed by atoms with Crippen molar-refractivity contribution in [2.24, 2.45) is 5.92 Å². The summed E-state index contributed by atoms with van der Waals surface area (Å²) in [6, 6.07) is 5.21. The van der Waals surface area contributed by atoms with Crippen LogP contribution in [0.1, 0.15) is 32.6 Å². The molecule has 1 aromatic carbocycles. The van der Waals surface area contributed by atoms with E-state index in [2.05, 4.69) is 17.2 Å². The fraction of sp³-hybridized carbons (Fsp3) is 0.500. The number of anilines is 1. The van der Waals surface area contributed by atoms with Crippen LogP contribution in [-0.2, 0) is 0 Å². The molecule has 0 bridgehead atoms. The maximum absolute atomic E-state index is 10.7. The van der Waals surface area contributed by atoms with Gasteiger partial charge in [0.05, 0.1) is 11.0 Å². The van der Waals surface area contributed by atoms with Gasteiger partial charge in [0.15, 0.2) is 5.58 Å². The number of nitrogens with zero attached hydrogens (tertiary/aromatic N) is 2. The van der Waals surface area contributed by atoms with Gasteiger partial charge in [-0.15, -0.1) is 0 Å². The van der Waals surface area contributed by atoms with E-state index in [1.165, 1.54) is 37.8 Å². The number of oxazole rings is 1. The van der Waals surface area contributed by atoms with E-state index in [1.54, 1.807) is 6.07 Å². The Hall–Kier alpha value is -2.11. The summed E-state index contributed by atoms with van der Waals surface area (Å²) in [5.74, 6) is 0.652. The molecule has 106 valence electrons. The third-order valence-corrected chi connectivity index (χ3v) is 4.04. The summed E-state index contributed by atoms with van der Waals surface area (Å²) in [5, 5.41) is 14.0. The van der Waals surface area contributed by atoms with Crippen LogP contribution in [0, 0.1) is 16.0 Å². The molecular formula is C14H17N3O3. The molecule has 20 heavy (non-hydrogen) atoms. The van der Waals surface area contributed by atoms with Crippen LogP contribution in [0.5, 0.6) is 0 Å². The SMILES string of the molecule is CC(Nc1nc2ccc([N+](=O)[O-])cc2o1)C1CCCC1. The second kappa shape index (κ2) is 5.11. The molecular weight excluding hydrogens is 258 g/mol. The molecule has 1 heterocycles. The summed E-state index contributed by atoms with van der Waals surface area (Å²) in [4.78, 5) is 14.6. The topological polar surface area (TPSA) is 81.2 Å². The number of non-ortho nitro benzene ring substituents is 1. The lowest BCUT2D eigenvalue weighted by Gasteiger charge is -2.18. The Labute approximate surface area is 116 Å². The smallest absolute Gasteiger partial charge is 0.295 e. The van der Waals surface area contributed by atoms with Gasteiger partial charge in [-0.05, 0) is 31.7 Å². The van der Waals surface area contributed by atoms with Crippen molar-refractivity contribution in [2.45, 2.75) is 38.6 Å². The van der Waals surface area contributed by atoms with Crippen LogP contribution in [0.4, 0.5) is 11.7 Å². The monoisotopic (exact) mass is 275 g/mol. The molecule has 1 aromatic heterocycles. The molecule has 0 amide bonds. The molecule has 1 unspecified atom stereocenters. The Morgan fingerprint density at radius 2 is 2.20 bits per heavy atom. The number of hydrogen-bond donors (Lipinski definition) is 1. The van der Waals surface area contributed by atoms with E-state index in [9.17, 15) is 10.1 Å². The highest BCUT2D eigenvalue weighted by molar-refractivity contribution is 5.77. The Bertz CT molecular complexity index is 632. The van der Waals surface area contributed by atoms with Gasteiger partial charge in [-0.25, -0.2) is 0 Å². The normalized spacial score (nSPS) is 17.4. The maximum Gasteiger partial charge on any atom is 0.295 e. The summed E-state index contributed by atoms with van der Waals surface area (Å²) in [5.41, 5.74) is 1.10. The Kier molecular flexibility index (Phi) is 3.30. The zero-order chi connectivity index (χ0) is 14.1. The lowest BCUT2D eigenvalue weighted by Crippen LogP contribution is -2.23. The number of fused-ring (bicyclic) bond motifs is 1. The Morgan fingerprint density at radius 3 is 2.90 bits per heavy atom. The molecule has 2 aromatic rings. The third kappa shape index (κ3) is 2.45. The lowest BCUT2D eigenvalue weighted by molar-refractivity contribution is -0.384. The number of nitro groups is 1. The van der Waals surface area contributed by atoms with Crippen LogP contribution in [0.25, 0.3) is 11.1 Å². The maximum atomic E-state index is 10.7. The van der Waals surface area contributed by atoms with Crippen molar-refractivity contribution in [3.8, 4) is 0 Å². The van der Waals surface area contributed by atoms with Gasteiger partial charge in [-0.3, -0.25) is 10.1 Å². The van der Waals surface area contributed by atoms with Crippen molar-refractivity contribution in [2.75, 3.05) is 5.32 Å². The highest BCUT2D eigenvalue weighted by atomic mass is 16.6. The summed E-state index contributed by atoms with van der Waals surface area (Å²) in [6.07, 6.45) is 5.05. The summed E-state index contributed by atoms with van der Waals surface area (Å²) < 4.78 is 5.56. The van der Waals surface area contributed by atoms with Crippen LogP contribution < -0.4 is 5.32 Å². The molecule has 3 rings (SSSR count). The van der Waals surface area contributed by atoms with E-state index >= 15 is 0 Å². The Balaban J connectivity index is 1.79. The first-order valence-electron chi connectivity index (χ1n) is 6.95. The van der Waals surface area contributed by atoms with Crippen molar-refractivity contribution in [1.29, 1.82) is 0 Å². The average molecular weight is 275 g/mol. The number of benzene rings is 1. The van der Waals surface area contributed by atoms with Crippen LogP contribution in [0.15, 0.2) is 22.6 Å². The van der Waals surface area contributed by atoms with E-state index in [1.807, 2.05) is 0 Å².